The van der Waals surface area contributed by atoms with Crippen molar-refractivity contribution in [3.05, 3.63) is 76.0 Å². The van der Waals surface area contributed by atoms with Gasteiger partial charge in [0.15, 0.2) is 11.5 Å². The van der Waals surface area contributed by atoms with E-state index in [2.05, 4.69) is 15.8 Å². The van der Waals surface area contributed by atoms with Crippen LogP contribution in [0.15, 0.2) is 65.1 Å². The van der Waals surface area contributed by atoms with E-state index in [1.165, 1.54) is 25.6 Å². The van der Waals surface area contributed by atoms with Crippen molar-refractivity contribution in [3.8, 4) is 11.5 Å². The highest BCUT2D eigenvalue weighted by atomic mass is 32.1. The topological polar surface area (TPSA) is 89.0 Å². The molecule has 2 N–H and O–H groups in total. The molecule has 2 amide bonds. The van der Waals surface area contributed by atoms with Crippen molar-refractivity contribution in [2.75, 3.05) is 19.5 Å². The fourth-order valence-electron chi connectivity index (χ4n) is 2.64. The second kappa shape index (κ2) is 9.71. The first-order valence-corrected chi connectivity index (χ1v) is 9.91. The molecule has 0 atom stereocenters. The van der Waals surface area contributed by atoms with E-state index >= 15 is 0 Å². The number of benzene rings is 2. The SMILES string of the molecule is COc1ccc(C(=O)NN=C(C)c2ccc(NC(=O)c3cccs3)cc2)cc1OC. The number of carbonyl (C=O) groups excluding carboxylic acids is 2. The number of anilines is 1. The summed E-state index contributed by atoms with van der Waals surface area (Å²) in [6.07, 6.45) is 0. The van der Waals surface area contributed by atoms with Crippen LogP contribution in [0, 0.1) is 0 Å². The molecule has 0 fully saturated rings. The number of rotatable bonds is 7. The van der Waals surface area contributed by atoms with Gasteiger partial charge in [-0.25, -0.2) is 5.43 Å². The largest absolute Gasteiger partial charge is 0.493 e. The van der Waals surface area contributed by atoms with Crippen LogP contribution in [0.25, 0.3) is 0 Å². The molecule has 0 aliphatic carbocycles. The van der Waals surface area contributed by atoms with Crippen molar-refractivity contribution in [1.29, 1.82) is 0 Å². The van der Waals surface area contributed by atoms with E-state index in [0.717, 1.165) is 5.56 Å². The van der Waals surface area contributed by atoms with Gasteiger partial charge >= 0.3 is 0 Å². The van der Waals surface area contributed by atoms with E-state index in [-0.39, 0.29) is 11.8 Å². The lowest BCUT2D eigenvalue weighted by Crippen LogP contribution is -2.19. The molecule has 0 aliphatic heterocycles. The van der Waals surface area contributed by atoms with Crippen molar-refractivity contribution >= 4 is 34.6 Å². The van der Waals surface area contributed by atoms with Crippen molar-refractivity contribution < 1.29 is 19.1 Å². The highest BCUT2D eigenvalue weighted by Gasteiger charge is 2.11. The number of nitrogens with zero attached hydrogens (tertiary/aromatic N) is 1. The molecule has 8 heteroatoms. The number of ether oxygens (including phenoxy) is 2. The molecule has 0 aliphatic rings. The predicted molar refractivity (Wildman–Crippen MR) is 118 cm³/mol. The molecule has 1 aromatic heterocycles. The molecule has 0 radical (unpaired) electrons. The minimum atomic E-state index is -0.366. The van der Waals surface area contributed by atoms with Gasteiger partial charge in [0.05, 0.1) is 24.8 Å². The zero-order valence-corrected chi connectivity index (χ0v) is 17.6. The Bertz CT molecular complexity index is 1060. The third kappa shape index (κ3) is 5.03. The predicted octanol–water partition coefficient (Wildman–Crippen LogP) is 4.17. The number of nitrogens with one attached hydrogen (secondary N) is 2. The van der Waals surface area contributed by atoms with Crippen LogP contribution < -0.4 is 20.2 Å². The minimum Gasteiger partial charge on any atom is -0.493 e. The van der Waals surface area contributed by atoms with E-state index < -0.39 is 0 Å². The minimum absolute atomic E-state index is 0.148. The number of hydrogen-bond donors (Lipinski definition) is 2. The Morgan fingerprint density at radius 1 is 0.900 bits per heavy atom. The lowest BCUT2D eigenvalue weighted by atomic mass is 10.1. The first-order valence-electron chi connectivity index (χ1n) is 9.03. The molecule has 154 valence electrons. The van der Waals surface area contributed by atoms with E-state index in [1.54, 1.807) is 43.3 Å². The van der Waals surface area contributed by atoms with Gasteiger partial charge in [0.2, 0.25) is 0 Å². The summed E-state index contributed by atoms with van der Waals surface area (Å²) in [5.41, 5.74) is 5.06. The molecule has 0 saturated heterocycles. The van der Waals surface area contributed by atoms with Crippen LogP contribution in [-0.2, 0) is 0 Å². The zero-order valence-electron chi connectivity index (χ0n) is 16.8. The molecule has 0 bridgehead atoms. The van der Waals surface area contributed by atoms with Gasteiger partial charge in [-0.15, -0.1) is 11.3 Å². The number of thiophene rings is 1. The van der Waals surface area contributed by atoms with Crippen molar-refractivity contribution in [3.63, 3.8) is 0 Å². The maximum atomic E-state index is 12.4. The van der Waals surface area contributed by atoms with Gasteiger partial charge in [0.1, 0.15) is 0 Å². The Labute approximate surface area is 178 Å². The Hall–Kier alpha value is -3.65. The molecule has 0 unspecified atom stereocenters. The van der Waals surface area contributed by atoms with Crippen LogP contribution in [0.1, 0.15) is 32.5 Å². The molecule has 3 rings (SSSR count). The van der Waals surface area contributed by atoms with Crippen LogP contribution >= 0.6 is 11.3 Å². The maximum Gasteiger partial charge on any atom is 0.271 e. The number of amides is 2. The van der Waals surface area contributed by atoms with Gasteiger partial charge in [0, 0.05) is 11.3 Å². The summed E-state index contributed by atoms with van der Waals surface area (Å²) in [6.45, 7) is 1.79. The zero-order chi connectivity index (χ0) is 21.5. The Kier molecular flexibility index (Phi) is 6.82. The molecular weight excluding hydrogens is 402 g/mol. The lowest BCUT2D eigenvalue weighted by molar-refractivity contribution is 0.0953. The molecule has 1 heterocycles. The third-order valence-electron chi connectivity index (χ3n) is 4.28. The first kappa shape index (κ1) is 21.1. The van der Waals surface area contributed by atoms with Gasteiger partial charge < -0.3 is 14.8 Å². The number of carbonyl (C=O) groups is 2. The van der Waals surface area contributed by atoms with Gasteiger partial charge in [-0.05, 0) is 54.3 Å². The monoisotopic (exact) mass is 423 g/mol. The average molecular weight is 423 g/mol. The van der Waals surface area contributed by atoms with Gasteiger partial charge in [-0.3, -0.25) is 9.59 Å². The number of methoxy groups -OCH3 is 2. The maximum absolute atomic E-state index is 12.4. The Balaban J connectivity index is 1.64. The van der Waals surface area contributed by atoms with E-state index in [4.69, 9.17) is 9.47 Å². The number of hydrogen-bond acceptors (Lipinski definition) is 6. The summed E-state index contributed by atoms with van der Waals surface area (Å²) >= 11 is 1.38. The second-order valence-corrected chi connectivity index (χ2v) is 7.16. The van der Waals surface area contributed by atoms with Crippen LogP contribution in [0.5, 0.6) is 11.5 Å². The highest BCUT2D eigenvalue weighted by molar-refractivity contribution is 7.12. The van der Waals surface area contributed by atoms with Crippen LogP contribution in [0.2, 0.25) is 0 Å². The van der Waals surface area contributed by atoms with Gasteiger partial charge in [-0.1, -0.05) is 18.2 Å². The summed E-state index contributed by atoms with van der Waals surface area (Å²) in [4.78, 5) is 25.1. The quantitative estimate of drug-likeness (QED) is 0.441. The van der Waals surface area contributed by atoms with E-state index in [1.807, 2.05) is 23.6 Å². The smallest absolute Gasteiger partial charge is 0.271 e. The third-order valence-corrected chi connectivity index (χ3v) is 5.15. The van der Waals surface area contributed by atoms with Crippen LogP contribution in [0.4, 0.5) is 5.69 Å². The molecule has 7 nitrogen and oxygen atoms in total. The standard InChI is InChI=1S/C22H21N3O4S/c1-14(24-25-21(26)16-8-11-18(28-2)19(13-16)29-3)15-6-9-17(10-7-15)23-22(27)20-5-4-12-30-20/h4-13H,1-3H3,(H,23,27)(H,25,26). The van der Waals surface area contributed by atoms with Crippen LogP contribution in [0.3, 0.4) is 0 Å². The van der Waals surface area contributed by atoms with Crippen molar-refractivity contribution in [1.82, 2.24) is 5.43 Å². The fourth-order valence-corrected chi connectivity index (χ4v) is 3.26. The molecule has 30 heavy (non-hydrogen) atoms. The summed E-state index contributed by atoms with van der Waals surface area (Å²) in [5.74, 6) is 0.492. The molecule has 0 spiro atoms. The Morgan fingerprint density at radius 2 is 1.60 bits per heavy atom. The van der Waals surface area contributed by atoms with E-state index in [0.29, 0.717) is 33.3 Å². The van der Waals surface area contributed by atoms with E-state index in [9.17, 15) is 9.59 Å². The summed E-state index contributed by atoms with van der Waals surface area (Å²) in [6, 6.07) is 15.7. The average Bonchev–Trinajstić information content (AvgIpc) is 3.32. The fraction of sp³-hybridized carbons (Fsp3) is 0.136. The van der Waals surface area contributed by atoms with Gasteiger partial charge in [0.25, 0.3) is 11.8 Å². The van der Waals surface area contributed by atoms with Crippen molar-refractivity contribution in [2.45, 2.75) is 6.92 Å². The molecule has 0 saturated carbocycles. The highest BCUT2D eigenvalue weighted by Crippen LogP contribution is 2.27. The van der Waals surface area contributed by atoms with Crippen molar-refractivity contribution in [2.24, 2.45) is 5.10 Å². The number of hydrazone groups is 1. The molecule has 3 aromatic rings. The normalized spacial score (nSPS) is 11.0. The lowest BCUT2D eigenvalue weighted by Gasteiger charge is -2.09. The molecular formula is C22H21N3O4S. The van der Waals surface area contributed by atoms with Gasteiger partial charge in [-0.2, -0.15) is 5.10 Å². The second-order valence-electron chi connectivity index (χ2n) is 6.22. The first-order chi connectivity index (χ1) is 14.5. The Morgan fingerprint density at radius 3 is 2.23 bits per heavy atom. The summed E-state index contributed by atoms with van der Waals surface area (Å²) in [7, 11) is 3.04. The van der Waals surface area contributed by atoms with Crippen LogP contribution in [-0.4, -0.2) is 31.7 Å². The summed E-state index contributed by atoms with van der Waals surface area (Å²) < 4.78 is 10.4. The molecule has 2 aromatic carbocycles. The summed E-state index contributed by atoms with van der Waals surface area (Å²) in [5, 5.41) is 8.86.